The summed E-state index contributed by atoms with van der Waals surface area (Å²) in [5, 5.41) is 7.64. The second kappa shape index (κ2) is 11.6. The smallest absolute Gasteiger partial charge is 0.258 e. The third-order valence-electron chi connectivity index (χ3n) is 5.34. The van der Waals surface area contributed by atoms with Crippen LogP contribution in [0.1, 0.15) is 32.2 Å². The van der Waals surface area contributed by atoms with E-state index < -0.39 is 6.04 Å². The Kier molecular flexibility index (Phi) is 8.59. The Morgan fingerprint density at radius 3 is 2.29 bits per heavy atom. The molecule has 1 heterocycles. The first kappa shape index (κ1) is 25.2. The molecule has 0 bridgehead atoms. The topological polar surface area (TPSA) is 105 Å². The van der Waals surface area contributed by atoms with Gasteiger partial charge in [0.2, 0.25) is 17.5 Å². The van der Waals surface area contributed by atoms with Crippen LogP contribution in [0.5, 0.6) is 23.0 Å². The fourth-order valence-corrected chi connectivity index (χ4v) is 3.39. The predicted octanol–water partition coefficient (Wildman–Crippen LogP) is 4.70. The fraction of sp³-hybridized carbons (Fsp3) is 0.375. The molecular weight excluding hydrogens is 462 g/mol. The summed E-state index contributed by atoms with van der Waals surface area (Å²) in [4.78, 5) is 17.1. The number of benzene rings is 2. The van der Waals surface area contributed by atoms with Crippen molar-refractivity contribution in [1.82, 2.24) is 15.5 Å². The van der Waals surface area contributed by atoms with Crippen molar-refractivity contribution in [2.24, 2.45) is 5.92 Å². The minimum atomic E-state index is -0.491. The summed E-state index contributed by atoms with van der Waals surface area (Å²) < 4.78 is 27.3. The number of carbonyl (C=O) groups is 1. The molecule has 0 saturated carbocycles. The van der Waals surface area contributed by atoms with Gasteiger partial charge < -0.3 is 28.8 Å². The number of hydrogen-bond acceptors (Lipinski definition) is 8. The molecular formula is C24H28ClN3O6. The lowest BCUT2D eigenvalue weighted by molar-refractivity contribution is -0.124. The van der Waals surface area contributed by atoms with Gasteiger partial charge in [-0.15, -0.1) is 0 Å². The molecule has 0 aliphatic rings. The average molecular weight is 490 g/mol. The number of amides is 1. The van der Waals surface area contributed by atoms with Gasteiger partial charge in [-0.25, -0.2) is 0 Å². The molecule has 0 radical (unpaired) electrons. The third-order valence-corrected chi connectivity index (χ3v) is 5.60. The van der Waals surface area contributed by atoms with Gasteiger partial charge in [-0.2, -0.15) is 4.98 Å². The Hall–Kier alpha value is -3.46. The number of aromatic nitrogens is 2. The molecule has 3 rings (SSSR count). The highest BCUT2D eigenvalue weighted by Gasteiger charge is 2.27. The average Bonchev–Trinajstić information content (AvgIpc) is 3.35. The quantitative estimate of drug-likeness (QED) is 0.413. The van der Waals surface area contributed by atoms with Gasteiger partial charge >= 0.3 is 0 Å². The van der Waals surface area contributed by atoms with Crippen LogP contribution in [0.25, 0.3) is 11.4 Å². The molecule has 2 atom stereocenters. The van der Waals surface area contributed by atoms with Gasteiger partial charge in [0.1, 0.15) is 11.8 Å². The molecule has 34 heavy (non-hydrogen) atoms. The molecule has 0 aliphatic heterocycles. The molecule has 182 valence electrons. The summed E-state index contributed by atoms with van der Waals surface area (Å²) in [5.74, 6) is 2.28. The normalized spacial score (nSPS) is 12.5. The molecule has 0 fully saturated rings. The highest BCUT2D eigenvalue weighted by Crippen LogP contribution is 2.40. The SMILES string of the molecule is CC[C@H](C)[C@@H](NC(=O)COc1ccc(Cl)cc1)c1nc(-c2cc(OC)c(OC)c(OC)c2)no1. The second-order valence-electron chi connectivity index (χ2n) is 7.54. The number of ether oxygens (including phenoxy) is 4. The summed E-state index contributed by atoms with van der Waals surface area (Å²) in [6.07, 6.45) is 0.783. The minimum Gasteiger partial charge on any atom is -0.493 e. The van der Waals surface area contributed by atoms with E-state index in [0.29, 0.717) is 39.4 Å². The van der Waals surface area contributed by atoms with Crippen molar-refractivity contribution >= 4 is 17.5 Å². The minimum absolute atomic E-state index is 0.0349. The monoisotopic (exact) mass is 489 g/mol. The van der Waals surface area contributed by atoms with Crippen molar-refractivity contribution < 1.29 is 28.3 Å². The van der Waals surface area contributed by atoms with Crippen LogP contribution in [0, 0.1) is 5.92 Å². The molecule has 1 aromatic heterocycles. The summed E-state index contributed by atoms with van der Waals surface area (Å²) in [7, 11) is 4.59. The van der Waals surface area contributed by atoms with Crippen LogP contribution < -0.4 is 24.3 Å². The van der Waals surface area contributed by atoms with E-state index in [-0.39, 0.29) is 24.3 Å². The highest BCUT2D eigenvalue weighted by atomic mass is 35.5. The zero-order valence-corrected chi connectivity index (χ0v) is 20.5. The van der Waals surface area contributed by atoms with Crippen molar-refractivity contribution in [3.05, 3.63) is 47.3 Å². The van der Waals surface area contributed by atoms with E-state index in [1.54, 1.807) is 36.4 Å². The molecule has 0 aliphatic carbocycles. The molecule has 10 heteroatoms. The van der Waals surface area contributed by atoms with Crippen molar-refractivity contribution in [2.45, 2.75) is 26.3 Å². The van der Waals surface area contributed by atoms with Crippen LogP contribution in [0.15, 0.2) is 40.9 Å². The Labute approximate surface area is 203 Å². The van der Waals surface area contributed by atoms with Gasteiger partial charge in [-0.05, 0) is 42.3 Å². The highest BCUT2D eigenvalue weighted by molar-refractivity contribution is 6.30. The lowest BCUT2D eigenvalue weighted by Gasteiger charge is -2.20. The maximum atomic E-state index is 12.6. The van der Waals surface area contributed by atoms with Crippen LogP contribution in [0.2, 0.25) is 5.02 Å². The molecule has 1 N–H and O–H groups in total. The summed E-state index contributed by atoms with van der Waals surface area (Å²) in [5.41, 5.74) is 0.616. The van der Waals surface area contributed by atoms with E-state index in [4.69, 9.17) is 35.1 Å². The van der Waals surface area contributed by atoms with Crippen LogP contribution >= 0.6 is 11.6 Å². The van der Waals surface area contributed by atoms with E-state index >= 15 is 0 Å². The van der Waals surface area contributed by atoms with Gasteiger partial charge in [0.05, 0.1) is 21.3 Å². The van der Waals surface area contributed by atoms with Crippen molar-refractivity contribution in [3.8, 4) is 34.4 Å². The van der Waals surface area contributed by atoms with E-state index in [2.05, 4.69) is 15.5 Å². The van der Waals surface area contributed by atoms with Crippen LogP contribution in [-0.2, 0) is 4.79 Å². The first-order valence-corrected chi connectivity index (χ1v) is 11.1. The third kappa shape index (κ3) is 5.91. The molecule has 0 spiro atoms. The standard InChI is InChI=1S/C24H28ClN3O6/c1-6-14(2)21(26-20(29)13-33-17-9-7-16(25)8-10-17)24-27-23(28-34-24)15-11-18(30-3)22(32-5)19(12-15)31-4/h7-12,14,21H,6,13H2,1-5H3,(H,26,29)/t14-,21+/m0/s1. The number of halogens is 1. The zero-order valence-electron chi connectivity index (χ0n) is 19.8. The van der Waals surface area contributed by atoms with Crippen molar-refractivity contribution in [3.63, 3.8) is 0 Å². The van der Waals surface area contributed by atoms with E-state index in [0.717, 1.165) is 6.42 Å². The largest absolute Gasteiger partial charge is 0.493 e. The van der Waals surface area contributed by atoms with Crippen LogP contribution in [-0.4, -0.2) is 44.0 Å². The summed E-state index contributed by atoms with van der Waals surface area (Å²) in [6.45, 7) is 3.85. The Balaban J connectivity index is 1.79. The van der Waals surface area contributed by atoms with Crippen LogP contribution in [0.4, 0.5) is 0 Å². The number of hydrogen-bond donors (Lipinski definition) is 1. The predicted molar refractivity (Wildman–Crippen MR) is 127 cm³/mol. The lowest BCUT2D eigenvalue weighted by atomic mass is 9.99. The Bertz CT molecular complexity index is 1080. The number of nitrogens with one attached hydrogen (secondary N) is 1. The molecule has 2 aromatic carbocycles. The number of nitrogens with zero attached hydrogens (tertiary/aromatic N) is 2. The molecule has 3 aromatic rings. The maximum Gasteiger partial charge on any atom is 0.258 e. The fourth-order valence-electron chi connectivity index (χ4n) is 3.27. The number of rotatable bonds is 11. The van der Waals surface area contributed by atoms with Crippen molar-refractivity contribution in [1.29, 1.82) is 0 Å². The van der Waals surface area contributed by atoms with Crippen molar-refractivity contribution in [2.75, 3.05) is 27.9 Å². The first-order valence-electron chi connectivity index (χ1n) is 10.7. The zero-order chi connectivity index (χ0) is 24.7. The van der Waals surface area contributed by atoms with Crippen LogP contribution in [0.3, 0.4) is 0 Å². The van der Waals surface area contributed by atoms with Gasteiger partial charge in [-0.3, -0.25) is 4.79 Å². The molecule has 1 amide bonds. The van der Waals surface area contributed by atoms with Gasteiger partial charge in [0, 0.05) is 10.6 Å². The van der Waals surface area contributed by atoms with E-state index in [9.17, 15) is 4.79 Å². The number of methoxy groups -OCH3 is 3. The maximum absolute atomic E-state index is 12.6. The lowest BCUT2D eigenvalue weighted by Crippen LogP contribution is -2.36. The summed E-state index contributed by atoms with van der Waals surface area (Å²) in [6, 6.07) is 9.75. The van der Waals surface area contributed by atoms with Gasteiger partial charge in [0.15, 0.2) is 18.1 Å². The Morgan fingerprint density at radius 1 is 1.09 bits per heavy atom. The van der Waals surface area contributed by atoms with Gasteiger partial charge in [0.25, 0.3) is 5.91 Å². The first-order chi connectivity index (χ1) is 16.4. The number of carbonyl (C=O) groups excluding carboxylic acids is 1. The molecule has 0 unspecified atom stereocenters. The second-order valence-corrected chi connectivity index (χ2v) is 7.98. The molecule has 9 nitrogen and oxygen atoms in total. The van der Waals surface area contributed by atoms with E-state index in [1.807, 2.05) is 13.8 Å². The van der Waals surface area contributed by atoms with Gasteiger partial charge in [-0.1, -0.05) is 37.0 Å². The molecule has 0 saturated heterocycles. The summed E-state index contributed by atoms with van der Waals surface area (Å²) >= 11 is 5.88. The Morgan fingerprint density at radius 2 is 1.74 bits per heavy atom. The van der Waals surface area contributed by atoms with E-state index in [1.165, 1.54) is 21.3 Å².